The summed E-state index contributed by atoms with van der Waals surface area (Å²) in [4.78, 5) is 13.0. The van der Waals surface area contributed by atoms with Gasteiger partial charge in [-0.2, -0.15) is 0 Å². The Morgan fingerprint density at radius 3 is 2.68 bits per heavy atom. The Bertz CT molecular complexity index is 433. The van der Waals surface area contributed by atoms with E-state index in [0.29, 0.717) is 13.0 Å². The summed E-state index contributed by atoms with van der Waals surface area (Å²) < 4.78 is 6.48. The van der Waals surface area contributed by atoms with Crippen molar-refractivity contribution in [1.29, 1.82) is 0 Å². The zero-order chi connectivity index (χ0) is 14.4. The average molecular weight is 329 g/mol. The lowest BCUT2D eigenvalue weighted by atomic mass is 10.1. The van der Waals surface area contributed by atoms with Crippen molar-refractivity contribution in [2.75, 3.05) is 20.7 Å². The lowest BCUT2D eigenvalue weighted by Gasteiger charge is -2.13. The molecule has 0 aliphatic rings. The number of carbonyl (C=O) groups is 1. The van der Waals surface area contributed by atoms with Crippen LogP contribution in [0.25, 0.3) is 0 Å². The molecule has 0 aliphatic carbocycles. The van der Waals surface area contributed by atoms with Crippen molar-refractivity contribution >= 4 is 21.8 Å². The van der Waals surface area contributed by atoms with E-state index in [9.17, 15) is 4.79 Å². The van der Waals surface area contributed by atoms with Gasteiger partial charge in [0.05, 0.1) is 17.5 Å². The van der Waals surface area contributed by atoms with E-state index < -0.39 is 0 Å². The summed E-state index contributed by atoms with van der Waals surface area (Å²) in [5.41, 5.74) is 6.93. The molecule has 0 aliphatic heterocycles. The van der Waals surface area contributed by atoms with Gasteiger partial charge in [-0.15, -0.1) is 0 Å². The molecule has 19 heavy (non-hydrogen) atoms. The quantitative estimate of drug-likeness (QED) is 0.870. The summed E-state index contributed by atoms with van der Waals surface area (Å²) in [5, 5.41) is 0. The molecule has 1 aromatic carbocycles. The first kappa shape index (κ1) is 16.0. The smallest absolute Gasteiger partial charge is 0.225 e. The SMILES string of the molecule is CC(N)Cc1ccc(OCCC(=O)N(C)C)c(Br)c1. The fraction of sp³-hybridized carbons (Fsp3) is 0.500. The molecule has 0 saturated heterocycles. The highest BCUT2D eigenvalue weighted by molar-refractivity contribution is 9.10. The van der Waals surface area contributed by atoms with Crippen LogP contribution in [-0.2, 0) is 11.2 Å². The van der Waals surface area contributed by atoms with E-state index >= 15 is 0 Å². The van der Waals surface area contributed by atoms with Gasteiger partial charge in [-0.05, 0) is 47.0 Å². The van der Waals surface area contributed by atoms with Crippen molar-refractivity contribution in [1.82, 2.24) is 4.90 Å². The standard InChI is InChI=1S/C14H21BrN2O2/c1-10(16)8-11-4-5-13(12(15)9-11)19-7-6-14(18)17(2)3/h4-5,9-10H,6-8,16H2,1-3H3. The van der Waals surface area contributed by atoms with Gasteiger partial charge in [-0.25, -0.2) is 0 Å². The Hall–Kier alpha value is -1.07. The monoisotopic (exact) mass is 328 g/mol. The van der Waals surface area contributed by atoms with Crippen molar-refractivity contribution < 1.29 is 9.53 Å². The van der Waals surface area contributed by atoms with Crippen molar-refractivity contribution in [3.05, 3.63) is 28.2 Å². The molecule has 0 heterocycles. The van der Waals surface area contributed by atoms with Gasteiger partial charge in [0.1, 0.15) is 5.75 Å². The summed E-state index contributed by atoms with van der Waals surface area (Å²) in [6.45, 7) is 2.35. The number of halogens is 1. The number of benzene rings is 1. The van der Waals surface area contributed by atoms with Crippen LogP contribution in [-0.4, -0.2) is 37.6 Å². The first-order chi connectivity index (χ1) is 8.90. The molecule has 1 unspecified atom stereocenters. The zero-order valence-corrected chi connectivity index (χ0v) is 13.2. The lowest BCUT2D eigenvalue weighted by molar-refractivity contribution is -0.129. The van der Waals surface area contributed by atoms with Gasteiger partial charge >= 0.3 is 0 Å². The minimum Gasteiger partial charge on any atom is -0.492 e. The predicted molar refractivity (Wildman–Crippen MR) is 80.3 cm³/mol. The number of ether oxygens (including phenoxy) is 1. The van der Waals surface area contributed by atoms with E-state index in [2.05, 4.69) is 15.9 Å². The second kappa shape index (κ2) is 7.50. The Labute approximate surface area is 123 Å². The number of rotatable bonds is 6. The molecule has 5 heteroatoms. The number of hydrogen-bond donors (Lipinski definition) is 1. The van der Waals surface area contributed by atoms with Crippen LogP contribution in [0.3, 0.4) is 0 Å². The van der Waals surface area contributed by atoms with Gasteiger partial charge in [-0.3, -0.25) is 4.79 Å². The molecule has 2 N–H and O–H groups in total. The molecule has 1 rings (SSSR count). The Balaban J connectivity index is 2.53. The minimum absolute atomic E-state index is 0.0599. The minimum atomic E-state index is 0.0599. The van der Waals surface area contributed by atoms with Crippen LogP contribution in [0.4, 0.5) is 0 Å². The highest BCUT2D eigenvalue weighted by Gasteiger charge is 2.07. The normalized spacial score (nSPS) is 12.1. The zero-order valence-electron chi connectivity index (χ0n) is 11.6. The highest BCUT2D eigenvalue weighted by Crippen LogP contribution is 2.26. The third-order valence-corrected chi connectivity index (χ3v) is 3.25. The molecular formula is C14H21BrN2O2. The van der Waals surface area contributed by atoms with Gasteiger partial charge in [-0.1, -0.05) is 6.07 Å². The molecular weight excluding hydrogens is 308 g/mol. The fourth-order valence-electron chi connectivity index (χ4n) is 1.63. The summed E-state index contributed by atoms with van der Waals surface area (Å²) in [6, 6.07) is 6.04. The molecule has 0 spiro atoms. The Kier molecular flexibility index (Phi) is 6.31. The van der Waals surface area contributed by atoms with Crippen LogP contribution in [0.15, 0.2) is 22.7 Å². The number of carbonyl (C=O) groups excluding carboxylic acids is 1. The topological polar surface area (TPSA) is 55.6 Å². The van der Waals surface area contributed by atoms with E-state index in [-0.39, 0.29) is 11.9 Å². The summed E-state index contributed by atoms with van der Waals surface area (Å²) in [6.07, 6.45) is 1.21. The van der Waals surface area contributed by atoms with Crippen molar-refractivity contribution in [2.45, 2.75) is 25.8 Å². The van der Waals surface area contributed by atoms with Crippen LogP contribution in [0.1, 0.15) is 18.9 Å². The lowest BCUT2D eigenvalue weighted by Crippen LogP contribution is -2.23. The summed E-state index contributed by atoms with van der Waals surface area (Å²) >= 11 is 3.47. The molecule has 0 aromatic heterocycles. The molecule has 1 atom stereocenters. The highest BCUT2D eigenvalue weighted by atomic mass is 79.9. The van der Waals surface area contributed by atoms with Crippen LogP contribution >= 0.6 is 15.9 Å². The second-order valence-corrected chi connectivity index (χ2v) is 5.69. The van der Waals surface area contributed by atoms with Gasteiger partial charge in [0, 0.05) is 20.1 Å². The van der Waals surface area contributed by atoms with E-state index in [1.165, 1.54) is 5.56 Å². The number of nitrogens with two attached hydrogens (primary N) is 1. The summed E-state index contributed by atoms with van der Waals surface area (Å²) in [5.74, 6) is 0.810. The van der Waals surface area contributed by atoms with E-state index in [1.807, 2.05) is 25.1 Å². The van der Waals surface area contributed by atoms with Crippen LogP contribution in [0.2, 0.25) is 0 Å². The van der Waals surface area contributed by atoms with E-state index in [1.54, 1.807) is 19.0 Å². The second-order valence-electron chi connectivity index (χ2n) is 4.83. The molecule has 4 nitrogen and oxygen atoms in total. The summed E-state index contributed by atoms with van der Waals surface area (Å²) in [7, 11) is 3.47. The van der Waals surface area contributed by atoms with E-state index in [4.69, 9.17) is 10.5 Å². The molecule has 0 fully saturated rings. The van der Waals surface area contributed by atoms with Gasteiger partial charge in [0.15, 0.2) is 0 Å². The molecule has 1 aromatic rings. The number of nitrogens with zero attached hydrogens (tertiary/aromatic N) is 1. The van der Waals surface area contributed by atoms with Crippen LogP contribution in [0, 0.1) is 0 Å². The first-order valence-corrected chi connectivity index (χ1v) is 7.06. The largest absolute Gasteiger partial charge is 0.492 e. The van der Waals surface area contributed by atoms with Crippen molar-refractivity contribution in [3.8, 4) is 5.75 Å². The molecule has 0 bridgehead atoms. The first-order valence-electron chi connectivity index (χ1n) is 6.27. The van der Waals surface area contributed by atoms with Crippen LogP contribution in [0.5, 0.6) is 5.75 Å². The number of hydrogen-bond acceptors (Lipinski definition) is 3. The van der Waals surface area contributed by atoms with E-state index in [0.717, 1.165) is 16.6 Å². The van der Waals surface area contributed by atoms with Crippen LogP contribution < -0.4 is 10.5 Å². The molecule has 106 valence electrons. The fourth-order valence-corrected chi connectivity index (χ4v) is 2.17. The third-order valence-electron chi connectivity index (χ3n) is 2.63. The predicted octanol–water partition coefficient (Wildman–Crippen LogP) is 2.20. The van der Waals surface area contributed by atoms with Crippen molar-refractivity contribution in [3.63, 3.8) is 0 Å². The maximum Gasteiger partial charge on any atom is 0.225 e. The molecule has 1 amide bonds. The van der Waals surface area contributed by atoms with Gasteiger partial charge < -0.3 is 15.4 Å². The Morgan fingerprint density at radius 1 is 1.47 bits per heavy atom. The number of amides is 1. The molecule has 0 saturated carbocycles. The van der Waals surface area contributed by atoms with Gasteiger partial charge in [0.25, 0.3) is 0 Å². The maximum absolute atomic E-state index is 11.4. The van der Waals surface area contributed by atoms with Crippen molar-refractivity contribution in [2.24, 2.45) is 5.73 Å². The third kappa shape index (κ3) is 5.61. The maximum atomic E-state index is 11.4. The Morgan fingerprint density at radius 2 is 2.16 bits per heavy atom. The van der Waals surface area contributed by atoms with Gasteiger partial charge in [0.2, 0.25) is 5.91 Å². The average Bonchev–Trinajstić information content (AvgIpc) is 2.30. The molecule has 0 radical (unpaired) electrons.